The average molecular weight is 280 g/mol. The molecule has 20 heavy (non-hydrogen) atoms. The van der Waals surface area contributed by atoms with Crippen LogP contribution in [0.3, 0.4) is 0 Å². The first kappa shape index (κ1) is 14.8. The minimum absolute atomic E-state index is 0.287. The standard InChI is InChI=1S/C13H24N6O/c1-3-20-13-17-11(16-12(18-13)19-14)15-8-10-6-4-5-9(2)7-10/h9-10H,3-8,14H2,1-2H3,(H2,15,16,17,18,19). The first-order chi connectivity index (χ1) is 9.71. The van der Waals surface area contributed by atoms with Gasteiger partial charge in [0.05, 0.1) is 6.61 Å². The van der Waals surface area contributed by atoms with Crippen molar-refractivity contribution in [1.29, 1.82) is 0 Å². The van der Waals surface area contributed by atoms with Crippen LogP contribution in [0.25, 0.3) is 0 Å². The summed E-state index contributed by atoms with van der Waals surface area (Å²) in [6.45, 7) is 5.59. The van der Waals surface area contributed by atoms with Gasteiger partial charge in [-0.3, -0.25) is 5.43 Å². The van der Waals surface area contributed by atoms with E-state index in [1.165, 1.54) is 25.7 Å². The maximum atomic E-state index is 5.35. The molecule has 1 aromatic heterocycles. The number of nitrogens with one attached hydrogen (secondary N) is 2. The maximum absolute atomic E-state index is 5.35. The fourth-order valence-electron chi connectivity index (χ4n) is 2.67. The summed E-state index contributed by atoms with van der Waals surface area (Å²) in [5.41, 5.74) is 2.43. The van der Waals surface area contributed by atoms with Crippen molar-refractivity contribution < 1.29 is 4.74 Å². The molecule has 2 unspecified atom stereocenters. The summed E-state index contributed by atoms with van der Waals surface area (Å²) < 4.78 is 5.30. The predicted octanol–water partition coefficient (Wildman–Crippen LogP) is 1.79. The largest absolute Gasteiger partial charge is 0.464 e. The normalized spacial score (nSPS) is 22.4. The van der Waals surface area contributed by atoms with Gasteiger partial charge in [0.15, 0.2) is 0 Å². The molecule has 1 aliphatic carbocycles. The molecule has 7 heteroatoms. The number of anilines is 2. The van der Waals surface area contributed by atoms with Crippen LogP contribution < -0.4 is 21.3 Å². The molecule has 2 atom stereocenters. The van der Waals surface area contributed by atoms with E-state index in [4.69, 9.17) is 10.6 Å². The van der Waals surface area contributed by atoms with Gasteiger partial charge in [0.2, 0.25) is 11.9 Å². The van der Waals surface area contributed by atoms with Crippen molar-refractivity contribution in [2.45, 2.75) is 39.5 Å². The van der Waals surface area contributed by atoms with Crippen LogP contribution in [0.5, 0.6) is 6.01 Å². The number of nitrogens with two attached hydrogens (primary N) is 1. The summed E-state index contributed by atoms with van der Waals surface area (Å²) in [7, 11) is 0. The number of hydrogen-bond acceptors (Lipinski definition) is 7. The molecule has 1 heterocycles. The Morgan fingerprint density at radius 3 is 2.75 bits per heavy atom. The minimum Gasteiger partial charge on any atom is -0.464 e. The third-order valence-electron chi connectivity index (χ3n) is 3.61. The van der Waals surface area contributed by atoms with Gasteiger partial charge in [0.25, 0.3) is 0 Å². The molecule has 2 rings (SSSR count). The molecule has 0 amide bonds. The van der Waals surface area contributed by atoms with E-state index in [0.29, 0.717) is 24.4 Å². The molecule has 1 saturated carbocycles. The van der Waals surface area contributed by atoms with Gasteiger partial charge in [-0.2, -0.15) is 15.0 Å². The highest BCUT2D eigenvalue weighted by Crippen LogP contribution is 2.28. The highest BCUT2D eigenvalue weighted by atomic mass is 16.5. The van der Waals surface area contributed by atoms with Crippen molar-refractivity contribution in [3.8, 4) is 6.01 Å². The highest BCUT2D eigenvalue weighted by Gasteiger charge is 2.19. The second-order valence-electron chi connectivity index (χ2n) is 5.36. The van der Waals surface area contributed by atoms with Crippen molar-refractivity contribution in [2.24, 2.45) is 17.7 Å². The Kier molecular flexibility index (Phi) is 5.34. The van der Waals surface area contributed by atoms with Crippen LogP contribution in [0.4, 0.5) is 11.9 Å². The van der Waals surface area contributed by atoms with Crippen LogP contribution in [0.15, 0.2) is 0 Å². The summed E-state index contributed by atoms with van der Waals surface area (Å²) in [4.78, 5) is 12.4. The zero-order valence-electron chi connectivity index (χ0n) is 12.2. The van der Waals surface area contributed by atoms with Gasteiger partial charge >= 0.3 is 6.01 Å². The molecule has 0 bridgehead atoms. The molecular formula is C13H24N6O. The monoisotopic (exact) mass is 280 g/mol. The Hall–Kier alpha value is -1.63. The predicted molar refractivity (Wildman–Crippen MR) is 78.4 cm³/mol. The number of ether oxygens (including phenoxy) is 1. The Balaban J connectivity index is 1.95. The van der Waals surface area contributed by atoms with Crippen LogP contribution in [0.1, 0.15) is 39.5 Å². The number of rotatable bonds is 6. The summed E-state index contributed by atoms with van der Waals surface area (Å²) in [6.07, 6.45) is 5.18. The van der Waals surface area contributed by atoms with Gasteiger partial charge in [-0.05, 0) is 31.6 Å². The van der Waals surface area contributed by atoms with Gasteiger partial charge in [-0.25, -0.2) is 5.84 Å². The molecule has 0 radical (unpaired) electrons. The number of nitrogens with zero attached hydrogens (tertiary/aromatic N) is 3. The van der Waals surface area contributed by atoms with Crippen molar-refractivity contribution in [3.05, 3.63) is 0 Å². The van der Waals surface area contributed by atoms with Crippen LogP contribution in [-0.4, -0.2) is 28.1 Å². The fourth-order valence-corrected chi connectivity index (χ4v) is 2.67. The SMILES string of the molecule is CCOc1nc(NN)nc(NCC2CCCC(C)C2)n1. The summed E-state index contributed by atoms with van der Waals surface area (Å²) >= 11 is 0. The van der Waals surface area contributed by atoms with Gasteiger partial charge in [0.1, 0.15) is 0 Å². The van der Waals surface area contributed by atoms with Gasteiger partial charge in [0, 0.05) is 6.54 Å². The highest BCUT2D eigenvalue weighted by molar-refractivity contribution is 5.34. The minimum atomic E-state index is 0.287. The lowest BCUT2D eigenvalue weighted by Gasteiger charge is -2.26. The Morgan fingerprint density at radius 2 is 2.05 bits per heavy atom. The lowest BCUT2D eigenvalue weighted by molar-refractivity contribution is 0.292. The van der Waals surface area contributed by atoms with E-state index < -0.39 is 0 Å². The van der Waals surface area contributed by atoms with E-state index in [2.05, 4.69) is 32.6 Å². The molecular weight excluding hydrogens is 256 g/mol. The van der Waals surface area contributed by atoms with E-state index in [1.807, 2.05) is 6.92 Å². The molecule has 0 aliphatic heterocycles. The molecule has 1 fully saturated rings. The molecule has 1 aliphatic rings. The van der Waals surface area contributed by atoms with Gasteiger partial charge in [-0.15, -0.1) is 0 Å². The van der Waals surface area contributed by atoms with Crippen LogP contribution in [0.2, 0.25) is 0 Å². The molecule has 112 valence electrons. The Bertz CT molecular complexity index is 427. The van der Waals surface area contributed by atoms with Gasteiger partial charge < -0.3 is 10.1 Å². The van der Waals surface area contributed by atoms with Crippen molar-refractivity contribution >= 4 is 11.9 Å². The third-order valence-corrected chi connectivity index (χ3v) is 3.61. The second kappa shape index (κ2) is 7.23. The molecule has 0 spiro atoms. The summed E-state index contributed by atoms with van der Waals surface area (Å²) in [5, 5.41) is 3.27. The smallest absolute Gasteiger partial charge is 0.323 e. The summed E-state index contributed by atoms with van der Waals surface area (Å²) in [6, 6.07) is 0.287. The zero-order valence-corrected chi connectivity index (χ0v) is 12.2. The zero-order chi connectivity index (χ0) is 14.4. The summed E-state index contributed by atoms with van der Waals surface area (Å²) in [5.74, 6) is 7.67. The van der Waals surface area contributed by atoms with Crippen LogP contribution >= 0.6 is 0 Å². The van der Waals surface area contributed by atoms with E-state index >= 15 is 0 Å². The van der Waals surface area contributed by atoms with E-state index in [9.17, 15) is 0 Å². The van der Waals surface area contributed by atoms with E-state index in [0.717, 1.165) is 12.5 Å². The lowest BCUT2D eigenvalue weighted by Crippen LogP contribution is -2.22. The fraction of sp³-hybridized carbons (Fsp3) is 0.769. The van der Waals surface area contributed by atoms with E-state index in [1.54, 1.807) is 0 Å². The first-order valence-corrected chi connectivity index (χ1v) is 7.30. The van der Waals surface area contributed by atoms with Crippen molar-refractivity contribution in [3.63, 3.8) is 0 Å². The third kappa shape index (κ3) is 4.19. The first-order valence-electron chi connectivity index (χ1n) is 7.30. The van der Waals surface area contributed by atoms with Crippen LogP contribution in [-0.2, 0) is 0 Å². The molecule has 4 N–H and O–H groups in total. The molecule has 0 aromatic carbocycles. The number of aromatic nitrogens is 3. The Labute approximate surface area is 119 Å². The van der Waals surface area contributed by atoms with Crippen molar-refractivity contribution in [2.75, 3.05) is 23.9 Å². The molecule has 7 nitrogen and oxygen atoms in total. The second-order valence-corrected chi connectivity index (χ2v) is 5.36. The van der Waals surface area contributed by atoms with Gasteiger partial charge in [-0.1, -0.05) is 19.8 Å². The number of nitrogen functional groups attached to an aromatic ring is 1. The number of hydrazine groups is 1. The number of hydrogen-bond donors (Lipinski definition) is 3. The molecule has 0 saturated heterocycles. The maximum Gasteiger partial charge on any atom is 0.323 e. The average Bonchev–Trinajstić information content (AvgIpc) is 2.45. The molecule has 1 aromatic rings. The van der Waals surface area contributed by atoms with E-state index in [-0.39, 0.29) is 6.01 Å². The topological polar surface area (TPSA) is 98.0 Å². The lowest BCUT2D eigenvalue weighted by atomic mass is 9.82. The van der Waals surface area contributed by atoms with Crippen LogP contribution in [0, 0.1) is 11.8 Å². The quantitative estimate of drug-likeness (QED) is 0.540. The Morgan fingerprint density at radius 1 is 1.25 bits per heavy atom. The van der Waals surface area contributed by atoms with Crippen molar-refractivity contribution in [1.82, 2.24) is 15.0 Å².